The quantitative estimate of drug-likeness (QED) is 0.430. The maximum absolute atomic E-state index is 11.7. The van der Waals surface area contributed by atoms with Gasteiger partial charge in [0.15, 0.2) is 0 Å². The van der Waals surface area contributed by atoms with Gasteiger partial charge >= 0.3 is 5.97 Å². The van der Waals surface area contributed by atoms with Gasteiger partial charge in [0.25, 0.3) is 0 Å². The van der Waals surface area contributed by atoms with Crippen molar-refractivity contribution < 1.29 is 14.7 Å². The maximum Gasteiger partial charge on any atom is 0.336 e. The average Bonchev–Trinajstić information content (AvgIpc) is 2.55. The molecule has 0 radical (unpaired) electrons. The molecule has 0 saturated carbocycles. The molecular weight excluding hydrogens is 394 g/mol. The SMILES string of the molecule is CC(Cl)C(=O)Nc1ccc(C(=Cc2ccccc2)C(=O)O)cc1Br. The van der Waals surface area contributed by atoms with Gasteiger partial charge in [0.1, 0.15) is 5.38 Å². The number of nitrogens with one attached hydrogen (secondary N) is 1. The highest BCUT2D eigenvalue weighted by Gasteiger charge is 2.15. The number of halogens is 2. The van der Waals surface area contributed by atoms with E-state index in [1.54, 1.807) is 31.2 Å². The first-order valence-corrected chi connectivity index (χ1v) is 8.36. The molecule has 2 aromatic rings. The van der Waals surface area contributed by atoms with Crippen LogP contribution in [0.2, 0.25) is 0 Å². The molecule has 4 nitrogen and oxygen atoms in total. The molecule has 0 saturated heterocycles. The molecule has 24 heavy (non-hydrogen) atoms. The highest BCUT2D eigenvalue weighted by Crippen LogP contribution is 2.28. The Hall–Kier alpha value is -2.11. The van der Waals surface area contributed by atoms with Crippen LogP contribution >= 0.6 is 27.5 Å². The van der Waals surface area contributed by atoms with Crippen LogP contribution in [0.3, 0.4) is 0 Å². The van der Waals surface area contributed by atoms with Crippen LogP contribution in [-0.4, -0.2) is 22.4 Å². The van der Waals surface area contributed by atoms with Gasteiger partial charge in [-0.3, -0.25) is 4.79 Å². The minimum Gasteiger partial charge on any atom is -0.478 e. The second kappa shape index (κ2) is 8.13. The summed E-state index contributed by atoms with van der Waals surface area (Å²) in [5.74, 6) is -1.36. The fourth-order valence-electron chi connectivity index (χ4n) is 2.00. The number of anilines is 1. The van der Waals surface area contributed by atoms with Gasteiger partial charge in [0, 0.05) is 4.47 Å². The number of carbonyl (C=O) groups excluding carboxylic acids is 1. The third-order valence-corrected chi connectivity index (χ3v) is 4.09. The number of alkyl halides is 1. The lowest BCUT2D eigenvalue weighted by Gasteiger charge is -2.11. The van der Waals surface area contributed by atoms with Gasteiger partial charge in [-0.05, 0) is 52.2 Å². The summed E-state index contributed by atoms with van der Waals surface area (Å²) in [7, 11) is 0. The van der Waals surface area contributed by atoms with Gasteiger partial charge in [-0.1, -0.05) is 36.4 Å². The molecule has 0 aliphatic heterocycles. The van der Waals surface area contributed by atoms with E-state index in [1.165, 1.54) is 0 Å². The summed E-state index contributed by atoms with van der Waals surface area (Å²) in [6.45, 7) is 1.57. The molecule has 2 rings (SSSR count). The Balaban J connectivity index is 2.36. The summed E-state index contributed by atoms with van der Waals surface area (Å²) < 4.78 is 0.575. The fraction of sp³-hybridized carbons (Fsp3) is 0.111. The maximum atomic E-state index is 11.7. The van der Waals surface area contributed by atoms with Gasteiger partial charge in [-0.2, -0.15) is 0 Å². The zero-order valence-corrected chi connectivity index (χ0v) is 15.1. The number of hydrogen-bond donors (Lipinski definition) is 2. The molecule has 0 aliphatic rings. The van der Waals surface area contributed by atoms with Crippen LogP contribution in [0.15, 0.2) is 53.0 Å². The summed E-state index contributed by atoms with van der Waals surface area (Å²) >= 11 is 9.08. The molecular formula is C18H15BrClNO3. The predicted octanol–water partition coefficient (Wildman–Crippen LogP) is 4.64. The smallest absolute Gasteiger partial charge is 0.336 e. The third kappa shape index (κ3) is 4.69. The van der Waals surface area contributed by atoms with Crippen molar-refractivity contribution in [3.05, 3.63) is 64.1 Å². The summed E-state index contributed by atoms with van der Waals surface area (Å²) in [5.41, 5.74) is 2.00. The minimum atomic E-state index is -1.03. The molecule has 0 spiro atoms. The van der Waals surface area contributed by atoms with E-state index in [0.29, 0.717) is 15.7 Å². The van der Waals surface area contributed by atoms with Crippen LogP contribution in [-0.2, 0) is 9.59 Å². The fourth-order valence-corrected chi connectivity index (χ4v) is 2.53. The number of benzene rings is 2. The lowest BCUT2D eigenvalue weighted by atomic mass is 10.0. The van der Waals surface area contributed by atoms with E-state index < -0.39 is 11.3 Å². The molecule has 0 bridgehead atoms. The van der Waals surface area contributed by atoms with Crippen molar-refractivity contribution in [1.82, 2.24) is 0 Å². The Morgan fingerprint density at radius 2 is 1.88 bits per heavy atom. The van der Waals surface area contributed by atoms with Crippen molar-refractivity contribution in [2.24, 2.45) is 0 Å². The van der Waals surface area contributed by atoms with Crippen LogP contribution in [0, 0.1) is 0 Å². The first kappa shape index (κ1) is 18.2. The summed E-state index contributed by atoms with van der Waals surface area (Å²) in [6, 6.07) is 14.1. The van der Waals surface area contributed by atoms with Gasteiger partial charge in [-0.25, -0.2) is 4.79 Å². The largest absolute Gasteiger partial charge is 0.478 e. The molecule has 124 valence electrons. The van der Waals surface area contributed by atoms with Crippen molar-refractivity contribution >= 4 is 56.7 Å². The Kier molecular flexibility index (Phi) is 6.17. The number of carbonyl (C=O) groups is 2. The second-order valence-corrected chi connectivity index (χ2v) is 6.58. The van der Waals surface area contributed by atoms with Crippen molar-refractivity contribution in [3.63, 3.8) is 0 Å². The first-order valence-electron chi connectivity index (χ1n) is 7.13. The Bertz CT molecular complexity index is 788. The van der Waals surface area contributed by atoms with Crippen LogP contribution in [0.5, 0.6) is 0 Å². The Morgan fingerprint density at radius 3 is 2.42 bits per heavy atom. The number of carboxylic acid groups (broad SMARTS) is 1. The third-order valence-electron chi connectivity index (χ3n) is 3.24. The second-order valence-electron chi connectivity index (χ2n) is 5.07. The highest BCUT2D eigenvalue weighted by molar-refractivity contribution is 9.10. The molecule has 6 heteroatoms. The molecule has 1 amide bonds. The molecule has 1 atom stereocenters. The molecule has 2 aromatic carbocycles. The van der Waals surface area contributed by atoms with Crippen LogP contribution in [0.25, 0.3) is 11.6 Å². The Labute approximate surface area is 153 Å². The number of rotatable bonds is 5. The van der Waals surface area contributed by atoms with E-state index in [-0.39, 0.29) is 11.5 Å². The van der Waals surface area contributed by atoms with E-state index in [0.717, 1.165) is 5.56 Å². The average molecular weight is 409 g/mol. The van der Waals surface area contributed by atoms with E-state index in [4.69, 9.17) is 11.6 Å². The summed E-state index contributed by atoms with van der Waals surface area (Å²) in [6.07, 6.45) is 1.60. The number of amides is 1. The lowest BCUT2D eigenvalue weighted by molar-refractivity contribution is -0.130. The van der Waals surface area contributed by atoms with Gasteiger partial charge in [0.2, 0.25) is 5.91 Å². The topological polar surface area (TPSA) is 66.4 Å². The number of aliphatic carboxylic acids is 1. The van der Waals surface area contributed by atoms with E-state index in [2.05, 4.69) is 21.2 Å². The number of hydrogen-bond acceptors (Lipinski definition) is 2. The zero-order valence-electron chi connectivity index (χ0n) is 12.8. The van der Waals surface area contributed by atoms with Crippen molar-refractivity contribution in [3.8, 4) is 0 Å². The standard InChI is InChI=1S/C18H15BrClNO3/c1-11(20)17(22)21-16-8-7-13(10-15(16)19)14(18(23)24)9-12-5-3-2-4-6-12/h2-11H,1H3,(H,21,22)(H,23,24). The molecule has 0 aromatic heterocycles. The van der Waals surface area contributed by atoms with E-state index in [1.807, 2.05) is 30.3 Å². The predicted molar refractivity (Wildman–Crippen MR) is 100 cm³/mol. The molecule has 2 N–H and O–H groups in total. The van der Waals surface area contributed by atoms with Crippen LogP contribution in [0.1, 0.15) is 18.1 Å². The monoisotopic (exact) mass is 407 g/mol. The molecule has 0 fully saturated rings. The lowest BCUT2D eigenvalue weighted by Crippen LogP contribution is -2.20. The molecule has 0 aliphatic carbocycles. The van der Waals surface area contributed by atoms with Crippen LogP contribution in [0.4, 0.5) is 5.69 Å². The van der Waals surface area contributed by atoms with Gasteiger partial charge in [-0.15, -0.1) is 11.6 Å². The van der Waals surface area contributed by atoms with Gasteiger partial charge in [0.05, 0.1) is 11.3 Å². The molecule has 0 heterocycles. The van der Waals surface area contributed by atoms with E-state index in [9.17, 15) is 14.7 Å². The zero-order chi connectivity index (χ0) is 17.7. The van der Waals surface area contributed by atoms with Crippen LogP contribution < -0.4 is 5.32 Å². The number of carboxylic acids is 1. The summed E-state index contributed by atoms with van der Waals surface area (Å²) in [4.78, 5) is 23.3. The summed E-state index contributed by atoms with van der Waals surface area (Å²) in [5, 5.41) is 11.5. The van der Waals surface area contributed by atoms with E-state index >= 15 is 0 Å². The van der Waals surface area contributed by atoms with Gasteiger partial charge < -0.3 is 10.4 Å². The Morgan fingerprint density at radius 1 is 1.21 bits per heavy atom. The van der Waals surface area contributed by atoms with Crippen molar-refractivity contribution in [2.75, 3.05) is 5.32 Å². The first-order chi connectivity index (χ1) is 11.4. The minimum absolute atomic E-state index is 0.158. The van der Waals surface area contributed by atoms with Crippen molar-refractivity contribution in [1.29, 1.82) is 0 Å². The highest BCUT2D eigenvalue weighted by atomic mass is 79.9. The normalized spacial score (nSPS) is 12.5. The van der Waals surface area contributed by atoms with Crippen molar-refractivity contribution in [2.45, 2.75) is 12.3 Å². The molecule has 1 unspecified atom stereocenters.